The molecule has 0 bridgehead atoms. The molecule has 0 aromatic heterocycles. The van der Waals surface area contributed by atoms with Crippen LogP contribution in [-0.4, -0.2) is 37.9 Å². The maximum absolute atomic E-state index is 11.6. The molecule has 2 heterocycles. The molecule has 2 aliphatic rings. The Morgan fingerprint density at radius 1 is 1.14 bits per heavy atom. The number of allylic oxidation sites excluding steroid dienone is 1. The highest BCUT2D eigenvalue weighted by Gasteiger charge is 2.52. The number of carbonyl (C=O) groups is 1. The maximum atomic E-state index is 11.6. The van der Waals surface area contributed by atoms with Crippen LogP contribution in [0, 0.1) is 0 Å². The average molecular weight is 298 g/mol. The van der Waals surface area contributed by atoms with Crippen molar-refractivity contribution >= 4 is 5.97 Å². The molecule has 2 aliphatic heterocycles. The van der Waals surface area contributed by atoms with Crippen LogP contribution in [0.2, 0.25) is 0 Å². The molecule has 2 fully saturated rings. The summed E-state index contributed by atoms with van der Waals surface area (Å²) in [7, 11) is 1.49. The van der Waals surface area contributed by atoms with Gasteiger partial charge < -0.3 is 18.9 Å². The van der Waals surface area contributed by atoms with Gasteiger partial charge in [-0.1, -0.05) is 45.1 Å². The number of hydrogen-bond donors (Lipinski definition) is 0. The normalized spacial score (nSPS) is 31.8. The van der Waals surface area contributed by atoms with E-state index in [1.807, 2.05) is 6.08 Å². The summed E-state index contributed by atoms with van der Waals surface area (Å²) in [6.45, 7) is 1.46. The minimum absolute atomic E-state index is 0.359. The zero-order chi connectivity index (χ0) is 15.1. The van der Waals surface area contributed by atoms with Gasteiger partial charge in [0, 0.05) is 7.11 Å². The summed E-state index contributed by atoms with van der Waals surface area (Å²) in [5.74, 6) is -0.367. The van der Waals surface area contributed by atoms with Gasteiger partial charge in [-0.2, -0.15) is 0 Å². The van der Waals surface area contributed by atoms with Crippen molar-refractivity contribution in [2.75, 3.05) is 7.11 Å². The van der Waals surface area contributed by atoms with Gasteiger partial charge in [-0.15, -0.1) is 0 Å². The number of rotatable bonds is 9. The molecule has 0 aromatic rings. The van der Waals surface area contributed by atoms with E-state index in [9.17, 15) is 4.79 Å². The van der Waals surface area contributed by atoms with E-state index < -0.39 is 12.6 Å². The fourth-order valence-electron chi connectivity index (χ4n) is 2.67. The lowest BCUT2D eigenvalue weighted by molar-refractivity contribution is -0.240. The first kappa shape index (κ1) is 16.5. The number of fused-ring (bicyclic) bond motifs is 1. The second-order valence-corrected chi connectivity index (χ2v) is 5.57. The fraction of sp³-hybridized carbons (Fsp3) is 0.812. The summed E-state index contributed by atoms with van der Waals surface area (Å²) in [5.41, 5.74) is 0. The van der Waals surface area contributed by atoms with Crippen LogP contribution in [0.5, 0.6) is 0 Å². The standard InChI is InChI=1S/C16H26O5/c1-3-4-5-6-7-8-9-10-11-12-13-14(15(17)19-12)21-16(18-2)20-13/h10-14,16H,3-9H2,1-2H3/b11-10-/t12-,13-,14-,16?/m0/s1. The van der Waals surface area contributed by atoms with E-state index in [0.717, 1.165) is 6.42 Å². The molecule has 21 heavy (non-hydrogen) atoms. The number of cyclic esters (lactones) is 1. The molecule has 0 amide bonds. The molecule has 2 saturated heterocycles. The molecular weight excluding hydrogens is 272 g/mol. The number of ether oxygens (including phenoxy) is 4. The second kappa shape index (κ2) is 8.51. The van der Waals surface area contributed by atoms with Gasteiger partial charge in [0.2, 0.25) is 0 Å². The van der Waals surface area contributed by atoms with E-state index in [1.54, 1.807) is 0 Å². The van der Waals surface area contributed by atoms with Crippen LogP contribution in [-0.2, 0) is 23.7 Å². The highest BCUT2D eigenvalue weighted by molar-refractivity contribution is 5.78. The first-order valence-electron chi connectivity index (χ1n) is 7.97. The lowest BCUT2D eigenvalue weighted by Gasteiger charge is -2.13. The smallest absolute Gasteiger partial charge is 0.339 e. The van der Waals surface area contributed by atoms with E-state index in [2.05, 4.69) is 13.0 Å². The van der Waals surface area contributed by atoms with Crippen molar-refractivity contribution in [1.29, 1.82) is 0 Å². The van der Waals surface area contributed by atoms with Gasteiger partial charge in [-0.25, -0.2) is 4.79 Å². The zero-order valence-corrected chi connectivity index (χ0v) is 13.0. The topological polar surface area (TPSA) is 54.0 Å². The van der Waals surface area contributed by atoms with Gasteiger partial charge in [0.1, 0.15) is 12.2 Å². The van der Waals surface area contributed by atoms with Gasteiger partial charge in [-0.05, 0) is 18.9 Å². The Morgan fingerprint density at radius 3 is 2.67 bits per heavy atom. The van der Waals surface area contributed by atoms with Crippen molar-refractivity contribution in [3.8, 4) is 0 Å². The molecule has 5 heteroatoms. The summed E-state index contributed by atoms with van der Waals surface area (Å²) in [5, 5.41) is 0. The first-order chi connectivity index (χ1) is 10.3. The monoisotopic (exact) mass is 298 g/mol. The summed E-state index contributed by atoms with van der Waals surface area (Å²) in [6.07, 6.45) is 11.3. The van der Waals surface area contributed by atoms with Crippen molar-refractivity contribution in [2.24, 2.45) is 0 Å². The molecule has 120 valence electrons. The van der Waals surface area contributed by atoms with E-state index >= 15 is 0 Å². The Hall–Kier alpha value is -0.910. The van der Waals surface area contributed by atoms with Crippen LogP contribution in [0.15, 0.2) is 12.2 Å². The van der Waals surface area contributed by atoms with Crippen LogP contribution >= 0.6 is 0 Å². The minimum Gasteiger partial charge on any atom is -0.453 e. The lowest BCUT2D eigenvalue weighted by atomic mass is 10.1. The van der Waals surface area contributed by atoms with Crippen molar-refractivity contribution in [1.82, 2.24) is 0 Å². The van der Waals surface area contributed by atoms with E-state index in [4.69, 9.17) is 18.9 Å². The SMILES string of the molecule is CCCCCCCC/C=C\[C@@H]1OC(=O)[C@H]2OC(OC)O[C@@H]12. The van der Waals surface area contributed by atoms with E-state index in [-0.39, 0.29) is 18.2 Å². The number of methoxy groups -OCH3 is 1. The molecule has 0 radical (unpaired) electrons. The second-order valence-electron chi connectivity index (χ2n) is 5.57. The van der Waals surface area contributed by atoms with Gasteiger partial charge in [0.25, 0.3) is 6.48 Å². The maximum Gasteiger partial charge on any atom is 0.339 e. The Balaban J connectivity index is 1.66. The number of hydrogen-bond acceptors (Lipinski definition) is 5. The molecule has 0 N–H and O–H groups in total. The molecule has 5 nitrogen and oxygen atoms in total. The molecule has 0 spiro atoms. The fourth-order valence-corrected chi connectivity index (χ4v) is 2.67. The molecule has 0 saturated carbocycles. The predicted octanol–water partition coefficient (Wildman–Crippen LogP) is 2.93. The zero-order valence-electron chi connectivity index (χ0n) is 13.0. The van der Waals surface area contributed by atoms with E-state index in [1.165, 1.54) is 45.6 Å². The number of carbonyl (C=O) groups excluding carboxylic acids is 1. The van der Waals surface area contributed by atoms with Gasteiger partial charge in [0.05, 0.1) is 0 Å². The predicted molar refractivity (Wildman–Crippen MR) is 77.6 cm³/mol. The van der Waals surface area contributed by atoms with Crippen molar-refractivity contribution < 1.29 is 23.7 Å². The van der Waals surface area contributed by atoms with Gasteiger partial charge in [0.15, 0.2) is 6.10 Å². The highest BCUT2D eigenvalue weighted by atomic mass is 16.9. The van der Waals surface area contributed by atoms with Crippen LogP contribution in [0.4, 0.5) is 0 Å². The molecule has 0 aromatic carbocycles. The third kappa shape index (κ3) is 4.53. The van der Waals surface area contributed by atoms with Gasteiger partial charge in [-0.3, -0.25) is 0 Å². The Morgan fingerprint density at radius 2 is 1.90 bits per heavy atom. The number of unbranched alkanes of at least 4 members (excludes halogenated alkanes) is 6. The molecule has 4 atom stereocenters. The highest BCUT2D eigenvalue weighted by Crippen LogP contribution is 2.31. The Labute approximate surface area is 126 Å². The minimum atomic E-state index is -0.762. The third-order valence-corrected chi connectivity index (χ3v) is 3.88. The summed E-state index contributed by atoms with van der Waals surface area (Å²) in [6, 6.07) is 0. The quantitative estimate of drug-likeness (QED) is 0.372. The van der Waals surface area contributed by atoms with E-state index in [0.29, 0.717) is 0 Å². The summed E-state index contributed by atoms with van der Waals surface area (Å²) < 4.78 is 21.0. The van der Waals surface area contributed by atoms with Crippen molar-refractivity contribution in [2.45, 2.75) is 76.7 Å². The first-order valence-corrected chi connectivity index (χ1v) is 7.97. The van der Waals surface area contributed by atoms with Crippen LogP contribution < -0.4 is 0 Å². The molecule has 0 aliphatic carbocycles. The molecule has 2 rings (SSSR count). The third-order valence-electron chi connectivity index (χ3n) is 3.88. The van der Waals surface area contributed by atoms with Gasteiger partial charge >= 0.3 is 5.97 Å². The van der Waals surface area contributed by atoms with Crippen LogP contribution in [0.25, 0.3) is 0 Å². The average Bonchev–Trinajstić information content (AvgIpc) is 3.03. The van der Waals surface area contributed by atoms with Crippen LogP contribution in [0.3, 0.4) is 0 Å². The van der Waals surface area contributed by atoms with Crippen molar-refractivity contribution in [3.63, 3.8) is 0 Å². The van der Waals surface area contributed by atoms with Crippen molar-refractivity contribution in [3.05, 3.63) is 12.2 Å². The largest absolute Gasteiger partial charge is 0.453 e. The summed E-state index contributed by atoms with van der Waals surface area (Å²) in [4.78, 5) is 11.6. The Bertz CT molecular complexity index is 355. The van der Waals surface area contributed by atoms with Crippen LogP contribution in [0.1, 0.15) is 51.9 Å². The Kier molecular flexibility index (Phi) is 6.67. The summed E-state index contributed by atoms with van der Waals surface area (Å²) >= 11 is 0. The molecule has 1 unspecified atom stereocenters. The molecular formula is C16H26O5. The lowest BCUT2D eigenvalue weighted by Crippen LogP contribution is -2.27. The number of esters is 1.